The number of aliphatic imine (C=N–C) groups is 1. The summed E-state index contributed by atoms with van der Waals surface area (Å²) in [5.41, 5.74) is 0.940. The van der Waals surface area contributed by atoms with Gasteiger partial charge in [0.1, 0.15) is 0 Å². The number of guanidine groups is 1. The zero-order chi connectivity index (χ0) is 19.2. The lowest BCUT2D eigenvalue weighted by molar-refractivity contribution is -0.183. The van der Waals surface area contributed by atoms with Crippen molar-refractivity contribution >= 4 is 5.96 Å². The van der Waals surface area contributed by atoms with E-state index in [4.69, 9.17) is 4.52 Å². The first-order valence-electron chi connectivity index (χ1n) is 9.36. The molecule has 0 spiro atoms. The summed E-state index contributed by atoms with van der Waals surface area (Å²) < 4.78 is 44.2. The molecule has 1 saturated carbocycles. The minimum atomic E-state index is -4.12. The van der Waals surface area contributed by atoms with Gasteiger partial charge >= 0.3 is 6.18 Å². The zero-order valence-electron chi connectivity index (χ0n) is 15.7. The second-order valence-corrected chi connectivity index (χ2v) is 6.90. The van der Waals surface area contributed by atoms with Gasteiger partial charge in [-0.15, -0.1) is 0 Å². The van der Waals surface area contributed by atoms with Crippen molar-refractivity contribution in [2.75, 3.05) is 7.05 Å². The lowest BCUT2D eigenvalue weighted by Gasteiger charge is -2.31. The van der Waals surface area contributed by atoms with Crippen LogP contribution in [-0.4, -0.2) is 30.4 Å². The Balaban J connectivity index is 1.86. The quantitative estimate of drug-likeness (QED) is 0.574. The van der Waals surface area contributed by atoms with Gasteiger partial charge in [-0.2, -0.15) is 13.2 Å². The van der Waals surface area contributed by atoms with Gasteiger partial charge < -0.3 is 15.2 Å². The van der Waals surface area contributed by atoms with Gasteiger partial charge in [-0.3, -0.25) is 4.99 Å². The third kappa shape index (κ3) is 5.64. The molecule has 0 amide bonds. The third-order valence-electron chi connectivity index (χ3n) is 5.11. The maximum absolute atomic E-state index is 12.9. The molecule has 1 heterocycles. The normalized spacial score (nSPS) is 21.9. The summed E-state index contributed by atoms with van der Waals surface area (Å²) in [6.07, 6.45) is -0.533. The maximum Gasteiger partial charge on any atom is 0.391 e. The Labute approximate surface area is 152 Å². The molecule has 2 unspecified atom stereocenters. The second kappa shape index (κ2) is 9.28. The van der Waals surface area contributed by atoms with Crippen LogP contribution in [0.25, 0.3) is 0 Å². The number of nitrogens with one attached hydrogen (secondary N) is 2. The van der Waals surface area contributed by atoms with Crippen LogP contribution in [-0.2, 0) is 6.54 Å². The Bertz CT molecular complexity index is 581. The fourth-order valence-corrected chi connectivity index (χ4v) is 3.49. The predicted molar refractivity (Wildman–Crippen MR) is 95.0 cm³/mol. The van der Waals surface area contributed by atoms with Crippen LogP contribution in [0.4, 0.5) is 13.2 Å². The lowest BCUT2D eigenvalue weighted by Crippen LogP contribution is -2.46. The summed E-state index contributed by atoms with van der Waals surface area (Å²) >= 11 is 0. The molecule has 1 aromatic rings. The molecule has 1 aromatic heterocycles. The van der Waals surface area contributed by atoms with Gasteiger partial charge in [-0.05, 0) is 32.1 Å². The predicted octanol–water partition coefficient (Wildman–Crippen LogP) is 4.36. The molecule has 26 heavy (non-hydrogen) atoms. The van der Waals surface area contributed by atoms with E-state index in [-0.39, 0.29) is 18.9 Å². The van der Waals surface area contributed by atoms with Crippen molar-refractivity contribution in [1.82, 2.24) is 15.8 Å². The van der Waals surface area contributed by atoms with Crippen LogP contribution in [0.3, 0.4) is 0 Å². The SMILES string of the molecule is CCC(CC)c1cc(CNC(=NC)NC2CCCC(C(F)(F)F)C2)on1. The summed E-state index contributed by atoms with van der Waals surface area (Å²) in [5.74, 6) is 0.320. The van der Waals surface area contributed by atoms with Crippen LogP contribution in [0, 0.1) is 5.92 Å². The Morgan fingerprint density at radius 2 is 2.08 bits per heavy atom. The molecule has 1 aliphatic carbocycles. The van der Waals surface area contributed by atoms with Gasteiger partial charge in [-0.1, -0.05) is 25.4 Å². The lowest BCUT2D eigenvalue weighted by atomic mass is 9.85. The molecule has 2 atom stereocenters. The van der Waals surface area contributed by atoms with Crippen LogP contribution in [0.5, 0.6) is 0 Å². The highest BCUT2D eigenvalue weighted by Gasteiger charge is 2.42. The summed E-state index contributed by atoms with van der Waals surface area (Å²) in [5, 5.41) is 10.3. The maximum atomic E-state index is 12.9. The number of alkyl halides is 3. The molecule has 0 radical (unpaired) electrons. The summed E-state index contributed by atoms with van der Waals surface area (Å²) in [4.78, 5) is 4.11. The van der Waals surface area contributed by atoms with Crippen LogP contribution in [0.15, 0.2) is 15.6 Å². The molecule has 0 aliphatic heterocycles. The van der Waals surface area contributed by atoms with Gasteiger partial charge in [0.2, 0.25) is 0 Å². The largest absolute Gasteiger partial charge is 0.391 e. The molecule has 1 fully saturated rings. The van der Waals surface area contributed by atoms with Crippen molar-refractivity contribution in [2.45, 2.75) is 77.1 Å². The van der Waals surface area contributed by atoms with Gasteiger partial charge in [0.25, 0.3) is 0 Å². The van der Waals surface area contributed by atoms with Gasteiger partial charge in [0.05, 0.1) is 18.2 Å². The Morgan fingerprint density at radius 3 is 2.69 bits per heavy atom. The number of halogens is 3. The first-order chi connectivity index (χ1) is 12.4. The fraction of sp³-hybridized carbons (Fsp3) is 0.778. The van der Waals surface area contributed by atoms with E-state index in [1.54, 1.807) is 7.05 Å². The first kappa shape index (κ1) is 20.6. The number of hydrogen-bond donors (Lipinski definition) is 2. The number of nitrogens with zero attached hydrogens (tertiary/aromatic N) is 2. The smallest absolute Gasteiger partial charge is 0.359 e. The second-order valence-electron chi connectivity index (χ2n) is 6.90. The van der Waals surface area contributed by atoms with E-state index in [2.05, 4.69) is 34.6 Å². The molecule has 5 nitrogen and oxygen atoms in total. The number of hydrogen-bond acceptors (Lipinski definition) is 3. The van der Waals surface area contributed by atoms with Crippen molar-refractivity contribution in [2.24, 2.45) is 10.9 Å². The van der Waals surface area contributed by atoms with Crippen LogP contribution < -0.4 is 10.6 Å². The van der Waals surface area contributed by atoms with E-state index < -0.39 is 12.1 Å². The minimum absolute atomic E-state index is 0.0886. The monoisotopic (exact) mass is 374 g/mol. The van der Waals surface area contributed by atoms with E-state index in [1.807, 2.05) is 6.07 Å². The Morgan fingerprint density at radius 1 is 1.35 bits per heavy atom. The van der Waals surface area contributed by atoms with E-state index in [0.717, 1.165) is 18.5 Å². The van der Waals surface area contributed by atoms with Crippen molar-refractivity contribution < 1.29 is 17.7 Å². The third-order valence-corrected chi connectivity index (χ3v) is 5.11. The molecular weight excluding hydrogens is 345 g/mol. The van der Waals surface area contributed by atoms with Crippen LogP contribution in [0.2, 0.25) is 0 Å². The van der Waals surface area contributed by atoms with Crippen LogP contribution in [0.1, 0.15) is 69.7 Å². The molecule has 2 N–H and O–H groups in total. The number of aromatic nitrogens is 1. The van der Waals surface area contributed by atoms with Gasteiger partial charge in [-0.25, -0.2) is 0 Å². The molecule has 0 bridgehead atoms. The van der Waals surface area contributed by atoms with E-state index in [1.165, 1.54) is 0 Å². The average molecular weight is 374 g/mol. The molecule has 1 aliphatic rings. The molecule has 8 heteroatoms. The van der Waals surface area contributed by atoms with Crippen molar-refractivity contribution in [3.63, 3.8) is 0 Å². The minimum Gasteiger partial charge on any atom is -0.359 e. The number of rotatable bonds is 6. The molecule has 0 saturated heterocycles. The molecule has 2 rings (SSSR count). The highest BCUT2D eigenvalue weighted by Crippen LogP contribution is 2.37. The topological polar surface area (TPSA) is 62.5 Å². The molecular formula is C18H29F3N4O. The van der Waals surface area contributed by atoms with E-state index >= 15 is 0 Å². The van der Waals surface area contributed by atoms with E-state index in [0.29, 0.717) is 37.0 Å². The van der Waals surface area contributed by atoms with Crippen molar-refractivity contribution in [1.29, 1.82) is 0 Å². The summed E-state index contributed by atoms with van der Waals surface area (Å²) in [6.45, 7) is 4.62. The first-order valence-corrected chi connectivity index (χ1v) is 9.36. The molecule has 148 valence electrons. The highest BCUT2D eigenvalue weighted by molar-refractivity contribution is 5.79. The zero-order valence-corrected chi connectivity index (χ0v) is 15.7. The van der Waals surface area contributed by atoms with E-state index in [9.17, 15) is 13.2 Å². The van der Waals surface area contributed by atoms with Crippen molar-refractivity contribution in [3.8, 4) is 0 Å². The van der Waals surface area contributed by atoms with Gasteiger partial charge in [0.15, 0.2) is 11.7 Å². The van der Waals surface area contributed by atoms with Crippen LogP contribution >= 0.6 is 0 Å². The van der Waals surface area contributed by atoms with Gasteiger partial charge in [0, 0.05) is 25.1 Å². The fourth-order valence-electron chi connectivity index (χ4n) is 3.49. The Hall–Kier alpha value is -1.73. The summed E-state index contributed by atoms with van der Waals surface area (Å²) in [7, 11) is 1.61. The standard InChI is InChI=1S/C18H29F3N4O/c1-4-12(5-2)16-10-15(26-25-16)11-23-17(22-3)24-14-8-6-7-13(9-14)18(19,20)21/h10,12-14H,4-9,11H2,1-3H3,(H2,22,23,24). The summed E-state index contributed by atoms with van der Waals surface area (Å²) in [6, 6.07) is 1.70. The Kier molecular flexibility index (Phi) is 7.34. The molecule has 0 aromatic carbocycles. The highest BCUT2D eigenvalue weighted by atomic mass is 19.4. The average Bonchev–Trinajstić information content (AvgIpc) is 3.08. The van der Waals surface area contributed by atoms with Crippen molar-refractivity contribution in [3.05, 3.63) is 17.5 Å².